The summed E-state index contributed by atoms with van der Waals surface area (Å²) in [6.07, 6.45) is 3.87. The van der Waals surface area contributed by atoms with Crippen molar-refractivity contribution < 1.29 is 14.3 Å². The molecule has 4 aromatic rings. The molecule has 1 aliphatic heterocycles. The van der Waals surface area contributed by atoms with Gasteiger partial charge in [0.05, 0.1) is 5.56 Å². The van der Waals surface area contributed by atoms with Gasteiger partial charge in [0.2, 0.25) is 5.78 Å². The van der Waals surface area contributed by atoms with Crippen molar-refractivity contribution in [1.29, 1.82) is 0 Å². The lowest BCUT2D eigenvalue weighted by molar-refractivity contribution is 0.101. The van der Waals surface area contributed by atoms with Crippen LogP contribution in [0.25, 0.3) is 17.0 Å². The van der Waals surface area contributed by atoms with Crippen LogP contribution < -0.4 is 9.47 Å². The van der Waals surface area contributed by atoms with Crippen LogP contribution in [0.5, 0.6) is 11.5 Å². The molecule has 5 rings (SSSR count). The number of nitrogens with zero attached hydrogens (tertiary/aromatic N) is 1. The molecule has 3 aromatic carbocycles. The van der Waals surface area contributed by atoms with Crippen LogP contribution in [0.4, 0.5) is 0 Å². The second-order valence-corrected chi connectivity index (χ2v) is 8.74. The van der Waals surface area contributed by atoms with Crippen LogP contribution >= 0.6 is 23.2 Å². The van der Waals surface area contributed by atoms with E-state index in [2.05, 4.69) is 23.6 Å². The van der Waals surface area contributed by atoms with Gasteiger partial charge in [0.15, 0.2) is 5.76 Å². The number of allylic oxidation sites excluding steroid dienone is 1. The molecule has 0 aliphatic carbocycles. The summed E-state index contributed by atoms with van der Waals surface area (Å²) in [5, 5.41) is 2.17. The summed E-state index contributed by atoms with van der Waals surface area (Å²) in [6, 6.07) is 17.0. The third-order valence-corrected chi connectivity index (χ3v) is 6.54. The molecule has 0 saturated heterocycles. The van der Waals surface area contributed by atoms with Gasteiger partial charge in [0.1, 0.15) is 18.1 Å². The Morgan fingerprint density at radius 1 is 1.06 bits per heavy atom. The van der Waals surface area contributed by atoms with Crippen molar-refractivity contribution in [1.82, 2.24) is 4.57 Å². The Morgan fingerprint density at radius 3 is 2.58 bits per heavy atom. The second kappa shape index (κ2) is 8.62. The number of ketones is 1. The van der Waals surface area contributed by atoms with Gasteiger partial charge in [0.25, 0.3) is 0 Å². The largest absolute Gasteiger partial charge is 0.489 e. The number of Topliss-reactive ketones (excluding diaryl/α,β-unsaturated/α-hetero) is 1. The van der Waals surface area contributed by atoms with Gasteiger partial charge < -0.3 is 14.0 Å². The van der Waals surface area contributed by atoms with Crippen LogP contribution in [0.15, 0.2) is 66.6 Å². The van der Waals surface area contributed by atoms with Gasteiger partial charge in [-0.3, -0.25) is 4.79 Å². The maximum Gasteiger partial charge on any atom is 0.232 e. The highest BCUT2D eigenvalue weighted by Gasteiger charge is 2.30. The summed E-state index contributed by atoms with van der Waals surface area (Å²) < 4.78 is 14.1. The molecule has 0 unspecified atom stereocenters. The predicted octanol–water partition coefficient (Wildman–Crippen LogP) is 7.47. The first-order valence-electron chi connectivity index (χ1n) is 10.7. The molecule has 4 nitrogen and oxygen atoms in total. The third kappa shape index (κ3) is 3.90. The molecular weight excluding hydrogens is 457 g/mol. The quantitative estimate of drug-likeness (QED) is 0.280. The van der Waals surface area contributed by atoms with Crippen LogP contribution in [-0.2, 0) is 13.2 Å². The average molecular weight is 478 g/mol. The first-order valence-corrected chi connectivity index (χ1v) is 11.4. The monoisotopic (exact) mass is 477 g/mol. The van der Waals surface area contributed by atoms with E-state index < -0.39 is 0 Å². The fourth-order valence-corrected chi connectivity index (χ4v) is 4.69. The topological polar surface area (TPSA) is 40.5 Å². The number of carbonyl (C=O) groups is 1. The lowest BCUT2D eigenvalue weighted by atomic mass is 10.0. The highest BCUT2D eigenvalue weighted by atomic mass is 35.5. The molecule has 0 atom stereocenters. The highest BCUT2D eigenvalue weighted by molar-refractivity contribution is 6.35. The number of ether oxygens (including phenoxy) is 2. The maximum absolute atomic E-state index is 13.1. The van der Waals surface area contributed by atoms with Gasteiger partial charge in [-0.25, -0.2) is 0 Å². The van der Waals surface area contributed by atoms with Crippen molar-refractivity contribution in [2.24, 2.45) is 0 Å². The number of rotatable bonds is 5. The summed E-state index contributed by atoms with van der Waals surface area (Å²) in [5.41, 5.74) is 4.13. The first-order chi connectivity index (χ1) is 16.0. The molecule has 0 amide bonds. The molecule has 1 aliphatic rings. The first kappa shape index (κ1) is 21.6. The smallest absolute Gasteiger partial charge is 0.232 e. The second-order valence-electron chi connectivity index (χ2n) is 7.93. The molecule has 1 aromatic heterocycles. The number of hydrogen-bond acceptors (Lipinski definition) is 3. The summed E-state index contributed by atoms with van der Waals surface area (Å²) >= 11 is 12.5. The number of benzene rings is 3. The standard InChI is InChI=1S/C27H21Cl2NO3/c1-3-30-14-17(19-7-4-5-10-23(19)30)12-25-27(31)26-16(2)11-18(13-24(26)33-25)32-15-20-21(28)8-6-9-22(20)29/h4-14H,3,15H2,1-2H3/b25-12-. The Morgan fingerprint density at radius 2 is 1.82 bits per heavy atom. The predicted molar refractivity (Wildman–Crippen MR) is 133 cm³/mol. The van der Waals surface area contributed by atoms with Crippen LogP contribution in [0.2, 0.25) is 10.0 Å². The normalized spacial score (nSPS) is 14.1. The number of carbonyl (C=O) groups excluding carboxylic acids is 1. The van der Waals surface area contributed by atoms with Crippen LogP contribution in [-0.4, -0.2) is 10.4 Å². The Balaban J connectivity index is 1.45. The number of hydrogen-bond donors (Lipinski definition) is 0. The Kier molecular flexibility index (Phi) is 5.65. The maximum atomic E-state index is 13.1. The Bertz CT molecular complexity index is 1410. The van der Waals surface area contributed by atoms with Crippen LogP contribution in [0.1, 0.15) is 34.0 Å². The van der Waals surface area contributed by atoms with E-state index in [1.165, 1.54) is 0 Å². The van der Waals surface area contributed by atoms with E-state index >= 15 is 0 Å². The fourth-order valence-electron chi connectivity index (χ4n) is 4.18. The van der Waals surface area contributed by atoms with Crippen molar-refractivity contribution in [2.75, 3.05) is 0 Å². The average Bonchev–Trinajstić information content (AvgIpc) is 3.31. The van der Waals surface area contributed by atoms with E-state index in [4.69, 9.17) is 32.7 Å². The minimum atomic E-state index is -0.128. The lowest BCUT2D eigenvalue weighted by Crippen LogP contribution is -2.00. The molecule has 2 heterocycles. The van der Waals surface area contributed by atoms with Crippen molar-refractivity contribution in [3.8, 4) is 11.5 Å². The van der Waals surface area contributed by atoms with Crippen LogP contribution in [0, 0.1) is 6.92 Å². The summed E-state index contributed by atoms with van der Waals surface area (Å²) in [6.45, 7) is 5.02. The summed E-state index contributed by atoms with van der Waals surface area (Å²) in [7, 11) is 0. The molecule has 166 valence electrons. The van der Waals surface area contributed by atoms with E-state index in [0.29, 0.717) is 38.4 Å². The summed E-state index contributed by atoms with van der Waals surface area (Å²) in [5.74, 6) is 1.25. The van der Waals surface area contributed by atoms with Gasteiger partial charge >= 0.3 is 0 Å². The third-order valence-electron chi connectivity index (χ3n) is 5.84. The molecule has 33 heavy (non-hydrogen) atoms. The van der Waals surface area contributed by atoms with Gasteiger partial charge in [-0.05, 0) is 49.8 Å². The zero-order valence-electron chi connectivity index (χ0n) is 18.2. The molecule has 0 saturated carbocycles. The summed E-state index contributed by atoms with van der Waals surface area (Å²) in [4.78, 5) is 13.1. The van der Waals surface area contributed by atoms with Gasteiger partial charge in [-0.1, -0.05) is 47.5 Å². The number of aromatic nitrogens is 1. The molecule has 6 heteroatoms. The van der Waals surface area contributed by atoms with Crippen molar-refractivity contribution in [3.63, 3.8) is 0 Å². The molecule has 0 bridgehead atoms. The zero-order valence-corrected chi connectivity index (χ0v) is 19.7. The minimum Gasteiger partial charge on any atom is -0.489 e. The minimum absolute atomic E-state index is 0.128. The number of fused-ring (bicyclic) bond motifs is 2. The number of para-hydroxylation sites is 1. The molecule has 0 fully saturated rings. The molecular formula is C27H21Cl2NO3. The van der Waals surface area contributed by atoms with Gasteiger partial charge in [-0.15, -0.1) is 0 Å². The number of halogens is 2. The Hall–Kier alpha value is -3.21. The molecule has 0 radical (unpaired) electrons. The highest BCUT2D eigenvalue weighted by Crippen LogP contribution is 2.38. The lowest BCUT2D eigenvalue weighted by Gasteiger charge is -2.11. The van der Waals surface area contributed by atoms with Crippen molar-refractivity contribution in [2.45, 2.75) is 27.0 Å². The van der Waals surface area contributed by atoms with Crippen molar-refractivity contribution in [3.05, 3.63) is 98.9 Å². The van der Waals surface area contributed by atoms with E-state index in [1.54, 1.807) is 24.3 Å². The Labute approximate surface area is 202 Å². The number of aryl methyl sites for hydroxylation is 2. The van der Waals surface area contributed by atoms with Crippen molar-refractivity contribution >= 4 is 46.0 Å². The van der Waals surface area contributed by atoms with E-state index in [9.17, 15) is 4.79 Å². The van der Waals surface area contributed by atoms with E-state index in [1.807, 2.05) is 37.4 Å². The SMILES string of the molecule is CCn1cc(/C=C2\Oc3cc(OCc4c(Cl)cccc4Cl)cc(C)c3C2=O)c2ccccc21. The van der Waals surface area contributed by atoms with Crippen LogP contribution in [0.3, 0.4) is 0 Å². The zero-order chi connectivity index (χ0) is 23.1. The van der Waals surface area contributed by atoms with Gasteiger partial charge in [0, 0.05) is 50.9 Å². The molecule has 0 N–H and O–H groups in total. The van der Waals surface area contributed by atoms with E-state index in [-0.39, 0.29) is 12.4 Å². The molecule has 0 spiro atoms. The fraction of sp³-hybridized carbons (Fsp3) is 0.148. The van der Waals surface area contributed by atoms with Gasteiger partial charge in [-0.2, -0.15) is 0 Å². The van der Waals surface area contributed by atoms with E-state index in [0.717, 1.165) is 28.6 Å².